The Morgan fingerprint density at radius 1 is 1.18 bits per heavy atom. The van der Waals surface area contributed by atoms with E-state index in [0.29, 0.717) is 29.0 Å². The monoisotopic (exact) mass is 490 g/mol. The minimum Gasteiger partial charge on any atom is -0.395 e. The fraction of sp³-hybridized carbons (Fsp3) is 0.429. The number of rotatable bonds is 9. The Labute approximate surface area is 189 Å². The average Bonchev–Trinajstić information content (AvgIpc) is 3.31. The molecule has 4 rings (SSSR count). The average molecular weight is 490 g/mol. The van der Waals surface area contributed by atoms with Crippen molar-refractivity contribution in [2.24, 2.45) is 0 Å². The van der Waals surface area contributed by atoms with Crippen molar-refractivity contribution in [3.05, 3.63) is 36.6 Å². The summed E-state index contributed by atoms with van der Waals surface area (Å²) in [6, 6.07) is 5.77. The van der Waals surface area contributed by atoms with Gasteiger partial charge in [-0.05, 0) is 30.2 Å². The molecule has 0 radical (unpaired) electrons. The number of ether oxygens (including phenoxy) is 4. The topological polar surface area (TPSA) is 92.1 Å². The molecule has 1 aromatic carbocycles. The summed E-state index contributed by atoms with van der Waals surface area (Å²) >= 11 is 0. The minimum atomic E-state index is -4.68. The normalized spacial score (nSPS) is 20.6. The molecule has 2 aliphatic rings. The van der Waals surface area contributed by atoms with E-state index in [0.717, 1.165) is 0 Å². The van der Waals surface area contributed by atoms with Crippen LogP contribution >= 0.6 is 0 Å². The number of nitrogens with one attached hydrogen (secondary N) is 1. The number of carbonyl (C=O) groups excluding carboxylic acids is 1. The number of benzene rings is 1. The predicted octanol–water partition coefficient (Wildman–Crippen LogP) is 4.27. The fourth-order valence-corrected chi connectivity index (χ4v) is 3.35. The van der Waals surface area contributed by atoms with Gasteiger partial charge in [0.05, 0.1) is 12.2 Å². The summed E-state index contributed by atoms with van der Waals surface area (Å²) in [5, 5.41) is 6.51. The van der Waals surface area contributed by atoms with E-state index >= 15 is 0 Å². The highest BCUT2D eigenvalue weighted by Gasteiger charge is 2.43. The van der Waals surface area contributed by atoms with Crippen molar-refractivity contribution in [2.45, 2.75) is 44.1 Å². The summed E-state index contributed by atoms with van der Waals surface area (Å²) in [5.74, 6) is -0.299. The molecule has 1 fully saturated rings. The van der Waals surface area contributed by atoms with Gasteiger partial charge in [0.25, 0.3) is 0 Å². The Bertz CT molecular complexity index is 1060. The number of alkyl halides is 5. The van der Waals surface area contributed by atoms with Gasteiger partial charge >= 0.3 is 12.7 Å². The lowest BCUT2D eigenvalue weighted by Gasteiger charge is -2.34. The number of amides is 1. The summed E-state index contributed by atoms with van der Waals surface area (Å²) < 4.78 is 85.7. The van der Waals surface area contributed by atoms with Gasteiger partial charge in [-0.25, -0.2) is 0 Å². The molecule has 1 saturated carbocycles. The van der Waals surface area contributed by atoms with Crippen molar-refractivity contribution < 1.29 is 50.2 Å². The van der Waals surface area contributed by atoms with Crippen LogP contribution < -0.4 is 14.8 Å². The van der Waals surface area contributed by atoms with Crippen molar-refractivity contribution in [2.75, 3.05) is 13.2 Å². The number of nitrogens with zero attached hydrogens (tertiary/aromatic N) is 1. The highest BCUT2D eigenvalue weighted by Crippen LogP contribution is 2.43. The SMILES string of the molecule is C=C(CCNC(=O)CO[C@H]1C[C@@H](OC(F)(F)F)C1)c1cc(-c2ccc3c(c2)OC(F)(F)O3)no1. The van der Waals surface area contributed by atoms with E-state index < -0.39 is 30.8 Å². The number of hydrogen-bond acceptors (Lipinski definition) is 7. The van der Waals surface area contributed by atoms with Crippen LogP contribution in [0.2, 0.25) is 0 Å². The van der Waals surface area contributed by atoms with Crippen LogP contribution in [0.1, 0.15) is 25.0 Å². The molecule has 2 aromatic rings. The first-order chi connectivity index (χ1) is 16.0. The third-order valence-corrected chi connectivity index (χ3v) is 5.11. The standard InChI is InChI=1S/C21H19F5N2O6/c1-11(4-5-27-19(29)10-30-13-7-14(8-13)31-20(22,23)24)17-9-15(28-34-17)12-2-3-16-18(6-12)33-21(25,26)32-16/h2-3,6,9,13-14H,1,4-5,7-8,10H2,(H,27,29)/t13-,14+. The highest BCUT2D eigenvalue weighted by atomic mass is 19.4. The maximum absolute atomic E-state index is 13.2. The third kappa shape index (κ3) is 6.03. The van der Waals surface area contributed by atoms with E-state index in [1.54, 1.807) is 6.07 Å². The second-order valence-electron chi connectivity index (χ2n) is 7.70. The largest absolute Gasteiger partial charge is 0.586 e. The van der Waals surface area contributed by atoms with Crippen LogP contribution in [0, 0.1) is 0 Å². The van der Waals surface area contributed by atoms with E-state index in [1.165, 1.54) is 18.2 Å². The molecule has 34 heavy (non-hydrogen) atoms. The molecule has 0 bridgehead atoms. The molecule has 8 nitrogen and oxygen atoms in total. The number of halogens is 5. The first kappa shape index (κ1) is 24.0. The van der Waals surface area contributed by atoms with Crippen molar-refractivity contribution in [1.29, 1.82) is 0 Å². The van der Waals surface area contributed by atoms with Crippen molar-refractivity contribution in [3.63, 3.8) is 0 Å². The van der Waals surface area contributed by atoms with Crippen molar-refractivity contribution in [1.82, 2.24) is 10.5 Å². The predicted molar refractivity (Wildman–Crippen MR) is 105 cm³/mol. The molecule has 1 aliphatic heterocycles. The zero-order valence-corrected chi connectivity index (χ0v) is 17.5. The Hall–Kier alpha value is -3.19. The van der Waals surface area contributed by atoms with Gasteiger partial charge in [-0.15, -0.1) is 22.0 Å². The molecule has 0 unspecified atom stereocenters. The Balaban J connectivity index is 1.18. The van der Waals surface area contributed by atoms with Crippen molar-refractivity contribution >= 4 is 11.5 Å². The number of fused-ring (bicyclic) bond motifs is 1. The first-order valence-electron chi connectivity index (χ1n) is 10.2. The Morgan fingerprint density at radius 3 is 2.65 bits per heavy atom. The summed E-state index contributed by atoms with van der Waals surface area (Å²) in [6.45, 7) is 3.80. The molecule has 2 heterocycles. The lowest BCUT2D eigenvalue weighted by Crippen LogP contribution is -2.42. The quantitative estimate of drug-likeness (QED) is 0.525. The van der Waals surface area contributed by atoms with Crippen LogP contribution in [0.4, 0.5) is 22.0 Å². The van der Waals surface area contributed by atoms with Gasteiger partial charge in [0.15, 0.2) is 17.3 Å². The van der Waals surface area contributed by atoms with E-state index in [-0.39, 0.29) is 37.5 Å². The molecule has 1 N–H and O–H groups in total. The van der Waals surface area contributed by atoms with Crippen molar-refractivity contribution in [3.8, 4) is 22.8 Å². The van der Waals surface area contributed by atoms with Gasteiger partial charge < -0.3 is 24.1 Å². The first-order valence-corrected chi connectivity index (χ1v) is 10.2. The summed E-state index contributed by atoms with van der Waals surface area (Å²) in [5.41, 5.74) is 1.36. The highest BCUT2D eigenvalue weighted by molar-refractivity contribution is 5.77. The van der Waals surface area contributed by atoms with Crippen LogP contribution in [0.5, 0.6) is 11.5 Å². The van der Waals surface area contributed by atoms with Crippen LogP contribution in [0.3, 0.4) is 0 Å². The Morgan fingerprint density at radius 2 is 1.91 bits per heavy atom. The van der Waals surface area contributed by atoms with E-state index in [1.807, 2.05) is 0 Å². The van der Waals surface area contributed by atoms with E-state index in [4.69, 9.17) is 9.26 Å². The third-order valence-electron chi connectivity index (χ3n) is 5.11. The lowest BCUT2D eigenvalue weighted by atomic mass is 9.92. The molecular weight excluding hydrogens is 471 g/mol. The zero-order valence-electron chi connectivity index (χ0n) is 17.5. The van der Waals surface area contributed by atoms with Gasteiger partial charge in [-0.2, -0.15) is 0 Å². The van der Waals surface area contributed by atoms with Gasteiger partial charge in [0.2, 0.25) is 5.91 Å². The number of hydrogen-bond donors (Lipinski definition) is 1. The van der Waals surface area contributed by atoms with E-state index in [2.05, 4.69) is 31.3 Å². The molecule has 0 atom stereocenters. The molecule has 1 amide bonds. The maximum Gasteiger partial charge on any atom is 0.586 e. The molecule has 0 spiro atoms. The molecule has 0 saturated heterocycles. The summed E-state index contributed by atoms with van der Waals surface area (Å²) in [4.78, 5) is 11.9. The van der Waals surface area contributed by atoms with Gasteiger partial charge in [-0.1, -0.05) is 11.7 Å². The van der Waals surface area contributed by atoms with Crippen LogP contribution in [0.15, 0.2) is 35.4 Å². The second kappa shape index (κ2) is 9.22. The Kier molecular flexibility index (Phi) is 6.49. The summed E-state index contributed by atoms with van der Waals surface area (Å²) in [6.07, 6.45) is -9.33. The zero-order chi connectivity index (χ0) is 24.5. The number of aromatic nitrogens is 1. The maximum atomic E-state index is 13.2. The molecular formula is C21H19F5N2O6. The minimum absolute atomic E-state index is 0.0726. The second-order valence-corrected chi connectivity index (χ2v) is 7.70. The van der Waals surface area contributed by atoms with Crippen LogP contribution in [-0.2, 0) is 14.3 Å². The smallest absolute Gasteiger partial charge is 0.395 e. The molecule has 1 aromatic heterocycles. The van der Waals surface area contributed by atoms with Gasteiger partial charge in [0, 0.05) is 31.0 Å². The molecule has 1 aliphatic carbocycles. The van der Waals surface area contributed by atoms with Gasteiger partial charge in [-0.3, -0.25) is 9.53 Å². The molecule has 13 heteroatoms. The van der Waals surface area contributed by atoms with Crippen LogP contribution in [0.25, 0.3) is 16.8 Å². The lowest BCUT2D eigenvalue weighted by molar-refractivity contribution is -0.357. The van der Waals surface area contributed by atoms with E-state index in [9.17, 15) is 26.7 Å². The molecule has 184 valence electrons. The summed E-state index contributed by atoms with van der Waals surface area (Å²) in [7, 11) is 0. The number of carbonyl (C=O) groups is 1. The van der Waals surface area contributed by atoms with Crippen LogP contribution in [-0.4, -0.2) is 49.1 Å². The fourth-order valence-electron chi connectivity index (χ4n) is 3.35. The van der Waals surface area contributed by atoms with Gasteiger partial charge in [0.1, 0.15) is 12.3 Å².